The standard InChI is InChI=1S/C17H22N6O3/c1-12(2)15-13(10-20-21-15)16(25)26-11-14(24)22-6-8-23(9-7-22)17-18-4-3-5-19-17/h3-5,10,12H,6-9,11H2,1-2H3,(H,20,21). The van der Waals surface area contributed by atoms with Crippen molar-refractivity contribution in [2.75, 3.05) is 37.7 Å². The monoisotopic (exact) mass is 358 g/mol. The van der Waals surface area contributed by atoms with E-state index in [4.69, 9.17) is 4.74 Å². The molecular weight excluding hydrogens is 336 g/mol. The van der Waals surface area contributed by atoms with Gasteiger partial charge < -0.3 is 14.5 Å². The molecule has 0 atom stereocenters. The van der Waals surface area contributed by atoms with E-state index in [0.717, 1.165) is 0 Å². The fourth-order valence-electron chi connectivity index (χ4n) is 2.81. The summed E-state index contributed by atoms with van der Waals surface area (Å²) in [5.41, 5.74) is 1.08. The molecule has 9 nitrogen and oxygen atoms in total. The molecule has 0 aromatic carbocycles. The van der Waals surface area contributed by atoms with Gasteiger partial charge in [-0.05, 0) is 12.0 Å². The van der Waals surface area contributed by atoms with E-state index < -0.39 is 5.97 Å². The Bertz CT molecular complexity index is 753. The Morgan fingerprint density at radius 3 is 2.54 bits per heavy atom. The number of hydrogen-bond acceptors (Lipinski definition) is 7. The molecule has 0 aliphatic carbocycles. The first-order chi connectivity index (χ1) is 12.6. The van der Waals surface area contributed by atoms with Crippen LogP contribution in [0.1, 0.15) is 35.8 Å². The zero-order valence-electron chi connectivity index (χ0n) is 14.9. The molecule has 3 heterocycles. The fraction of sp³-hybridized carbons (Fsp3) is 0.471. The van der Waals surface area contributed by atoms with Gasteiger partial charge >= 0.3 is 5.97 Å². The smallest absolute Gasteiger partial charge is 0.342 e. The molecule has 1 N–H and O–H groups in total. The normalized spacial score (nSPS) is 14.6. The maximum absolute atomic E-state index is 12.3. The van der Waals surface area contributed by atoms with E-state index in [2.05, 4.69) is 20.2 Å². The maximum Gasteiger partial charge on any atom is 0.342 e. The second-order valence-electron chi connectivity index (χ2n) is 6.34. The highest BCUT2D eigenvalue weighted by molar-refractivity contribution is 5.92. The lowest BCUT2D eigenvalue weighted by Gasteiger charge is -2.34. The Morgan fingerprint density at radius 2 is 1.88 bits per heavy atom. The molecule has 1 amide bonds. The number of nitrogens with one attached hydrogen (secondary N) is 1. The van der Waals surface area contributed by atoms with Gasteiger partial charge in [0.15, 0.2) is 6.61 Å². The first kappa shape index (κ1) is 17.8. The van der Waals surface area contributed by atoms with Gasteiger partial charge in [-0.3, -0.25) is 9.89 Å². The van der Waals surface area contributed by atoms with Crippen LogP contribution in [0.4, 0.5) is 5.95 Å². The van der Waals surface area contributed by atoms with Gasteiger partial charge in [0.25, 0.3) is 5.91 Å². The van der Waals surface area contributed by atoms with Crippen LogP contribution in [0.5, 0.6) is 0 Å². The third kappa shape index (κ3) is 3.98. The molecule has 1 aliphatic heterocycles. The van der Waals surface area contributed by atoms with Crippen molar-refractivity contribution < 1.29 is 14.3 Å². The predicted molar refractivity (Wildman–Crippen MR) is 93.8 cm³/mol. The van der Waals surface area contributed by atoms with Crippen LogP contribution < -0.4 is 4.90 Å². The van der Waals surface area contributed by atoms with E-state index in [1.165, 1.54) is 6.20 Å². The van der Waals surface area contributed by atoms with Crippen molar-refractivity contribution in [3.8, 4) is 0 Å². The van der Waals surface area contributed by atoms with Gasteiger partial charge in [-0.15, -0.1) is 0 Å². The minimum Gasteiger partial charge on any atom is -0.452 e. The largest absolute Gasteiger partial charge is 0.452 e. The second kappa shape index (κ2) is 7.94. The van der Waals surface area contributed by atoms with Gasteiger partial charge in [0.1, 0.15) is 5.56 Å². The number of nitrogens with zero attached hydrogens (tertiary/aromatic N) is 5. The minimum atomic E-state index is -0.535. The first-order valence-corrected chi connectivity index (χ1v) is 8.56. The van der Waals surface area contributed by atoms with Crippen molar-refractivity contribution in [3.05, 3.63) is 35.9 Å². The van der Waals surface area contributed by atoms with Crippen molar-refractivity contribution in [2.45, 2.75) is 19.8 Å². The fourth-order valence-corrected chi connectivity index (χ4v) is 2.81. The average Bonchev–Trinajstić information content (AvgIpc) is 3.17. The van der Waals surface area contributed by atoms with Crippen LogP contribution >= 0.6 is 0 Å². The molecule has 26 heavy (non-hydrogen) atoms. The average molecular weight is 358 g/mol. The van der Waals surface area contributed by atoms with Crippen LogP contribution in [0, 0.1) is 0 Å². The summed E-state index contributed by atoms with van der Waals surface area (Å²) in [7, 11) is 0. The second-order valence-corrected chi connectivity index (χ2v) is 6.34. The Balaban J connectivity index is 1.49. The molecule has 0 saturated carbocycles. The van der Waals surface area contributed by atoms with Gasteiger partial charge in [-0.2, -0.15) is 5.10 Å². The number of anilines is 1. The molecule has 2 aromatic rings. The lowest BCUT2D eigenvalue weighted by molar-refractivity contribution is -0.134. The molecule has 0 spiro atoms. The zero-order valence-corrected chi connectivity index (χ0v) is 14.9. The number of aromatic amines is 1. The van der Waals surface area contributed by atoms with Crippen LogP contribution in [-0.4, -0.2) is 69.7 Å². The number of ether oxygens (including phenoxy) is 1. The van der Waals surface area contributed by atoms with Crippen LogP contribution in [-0.2, 0) is 9.53 Å². The number of esters is 1. The molecule has 1 saturated heterocycles. The van der Waals surface area contributed by atoms with Gasteiger partial charge in [-0.1, -0.05) is 13.8 Å². The number of hydrogen-bond donors (Lipinski definition) is 1. The lowest BCUT2D eigenvalue weighted by Crippen LogP contribution is -2.50. The summed E-state index contributed by atoms with van der Waals surface area (Å²) in [5, 5.41) is 6.67. The highest BCUT2D eigenvalue weighted by Crippen LogP contribution is 2.17. The van der Waals surface area contributed by atoms with Crippen molar-refractivity contribution >= 4 is 17.8 Å². The third-order valence-corrected chi connectivity index (χ3v) is 4.26. The van der Waals surface area contributed by atoms with Crippen LogP contribution in [0.15, 0.2) is 24.7 Å². The predicted octanol–water partition coefficient (Wildman–Crippen LogP) is 0.829. The molecule has 2 aromatic heterocycles. The van der Waals surface area contributed by atoms with E-state index in [9.17, 15) is 9.59 Å². The Labute approximate surface area is 151 Å². The molecule has 1 aliphatic rings. The number of carbonyl (C=O) groups is 2. The van der Waals surface area contributed by atoms with Crippen LogP contribution in [0.2, 0.25) is 0 Å². The Hall–Kier alpha value is -2.97. The summed E-state index contributed by atoms with van der Waals surface area (Å²) in [5.74, 6) is 0.0323. The summed E-state index contributed by atoms with van der Waals surface area (Å²) in [6, 6.07) is 1.77. The number of H-pyrrole nitrogens is 1. The molecule has 9 heteroatoms. The number of aromatic nitrogens is 4. The molecule has 0 unspecified atom stereocenters. The van der Waals surface area contributed by atoms with Gasteiger partial charge in [0.05, 0.1) is 11.9 Å². The van der Waals surface area contributed by atoms with E-state index in [1.54, 1.807) is 23.4 Å². The molecule has 0 bridgehead atoms. The zero-order chi connectivity index (χ0) is 18.5. The summed E-state index contributed by atoms with van der Waals surface area (Å²) in [6.07, 6.45) is 4.82. The Morgan fingerprint density at radius 1 is 1.19 bits per heavy atom. The number of amides is 1. The third-order valence-electron chi connectivity index (χ3n) is 4.26. The Kier molecular flexibility index (Phi) is 5.45. The molecule has 3 rings (SSSR count). The van der Waals surface area contributed by atoms with E-state index in [1.807, 2.05) is 18.7 Å². The van der Waals surface area contributed by atoms with Crippen molar-refractivity contribution in [1.82, 2.24) is 25.1 Å². The van der Waals surface area contributed by atoms with Crippen LogP contribution in [0.3, 0.4) is 0 Å². The van der Waals surface area contributed by atoms with E-state index in [0.29, 0.717) is 43.4 Å². The van der Waals surface area contributed by atoms with Gasteiger partial charge in [0.2, 0.25) is 5.95 Å². The van der Waals surface area contributed by atoms with Gasteiger partial charge in [0, 0.05) is 38.6 Å². The summed E-state index contributed by atoms with van der Waals surface area (Å²) in [6.45, 7) is 5.99. The first-order valence-electron chi connectivity index (χ1n) is 8.56. The van der Waals surface area contributed by atoms with E-state index >= 15 is 0 Å². The maximum atomic E-state index is 12.3. The van der Waals surface area contributed by atoms with Crippen molar-refractivity contribution in [3.63, 3.8) is 0 Å². The topological polar surface area (TPSA) is 104 Å². The lowest BCUT2D eigenvalue weighted by atomic mass is 10.1. The SMILES string of the molecule is CC(C)c1[nH]ncc1C(=O)OCC(=O)N1CCN(c2ncccn2)CC1. The summed E-state index contributed by atoms with van der Waals surface area (Å²) < 4.78 is 5.18. The van der Waals surface area contributed by atoms with Crippen molar-refractivity contribution in [2.24, 2.45) is 0 Å². The van der Waals surface area contributed by atoms with Crippen molar-refractivity contribution in [1.29, 1.82) is 0 Å². The van der Waals surface area contributed by atoms with Gasteiger partial charge in [-0.25, -0.2) is 14.8 Å². The highest BCUT2D eigenvalue weighted by Gasteiger charge is 2.24. The summed E-state index contributed by atoms with van der Waals surface area (Å²) >= 11 is 0. The molecular formula is C17H22N6O3. The molecule has 0 radical (unpaired) electrons. The number of rotatable bonds is 5. The summed E-state index contributed by atoms with van der Waals surface area (Å²) in [4.78, 5) is 36.6. The van der Waals surface area contributed by atoms with Crippen LogP contribution in [0.25, 0.3) is 0 Å². The molecule has 138 valence electrons. The quantitative estimate of drug-likeness (QED) is 0.789. The van der Waals surface area contributed by atoms with E-state index in [-0.39, 0.29) is 18.4 Å². The number of piperazine rings is 1. The minimum absolute atomic E-state index is 0.115. The highest BCUT2D eigenvalue weighted by atomic mass is 16.5. The molecule has 1 fully saturated rings. The number of carbonyl (C=O) groups excluding carboxylic acids is 2.